The largest absolute Gasteiger partial charge is 0.479 e. The van der Waals surface area contributed by atoms with Crippen molar-refractivity contribution in [2.24, 2.45) is 0 Å². The number of hydrogen-bond donors (Lipinski definition) is 2. The van der Waals surface area contributed by atoms with Crippen molar-refractivity contribution in [3.63, 3.8) is 0 Å². The number of aliphatic carboxylic acids is 1. The molecule has 0 aliphatic heterocycles. The number of rotatable bonds is 10. The van der Waals surface area contributed by atoms with Gasteiger partial charge in [0.2, 0.25) is 0 Å². The minimum atomic E-state index is -1.46. The highest BCUT2D eigenvalue weighted by atomic mass is 16.5. The van der Waals surface area contributed by atoms with Crippen molar-refractivity contribution in [2.45, 2.75) is 24.2 Å². The fourth-order valence-corrected chi connectivity index (χ4v) is 4.49. The molecule has 40 heavy (non-hydrogen) atoms. The van der Waals surface area contributed by atoms with E-state index in [2.05, 4.69) is 5.32 Å². The van der Waals surface area contributed by atoms with Crippen molar-refractivity contribution >= 4 is 11.9 Å². The van der Waals surface area contributed by atoms with Crippen molar-refractivity contribution < 1.29 is 24.2 Å². The van der Waals surface area contributed by atoms with Gasteiger partial charge in [0.05, 0.1) is 0 Å². The van der Waals surface area contributed by atoms with E-state index < -0.39 is 23.7 Å². The maximum absolute atomic E-state index is 13.4. The van der Waals surface area contributed by atoms with E-state index in [4.69, 9.17) is 9.47 Å². The van der Waals surface area contributed by atoms with Crippen LogP contribution >= 0.6 is 0 Å². The van der Waals surface area contributed by atoms with Crippen LogP contribution in [0.1, 0.15) is 27.4 Å². The second kappa shape index (κ2) is 12.3. The van der Waals surface area contributed by atoms with Crippen LogP contribution in [-0.4, -0.2) is 28.8 Å². The number of allylic oxidation sites excluding steroid dienone is 2. The zero-order chi connectivity index (χ0) is 27.8. The van der Waals surface area contributed by atoms with Gasteiger partial charge in [0.1, 0.15) is 11.5 Å². The van der Waals surface area contributed by atoms with E-state index >= 15 is 0 Å². The van der Waals surface area contributed by atoms with E-state index in [9.17, 15) is 14.7 Å². The molecule has 4 aromatic rings. The summed E-state index contributed by atoms with van der Waals surface area (Å²) in [4.78, 5) is 25.7. The zero-order valence-corrected chi connectivity index (χ0v) is 21.7. The number of carbonyl (C=O) groups is 2. The fourth-order valence-electron chi connectivity index (χ4n) is 4.49. The Balaban J connectivity index is 1.37. The molecule has 0 fully saturated rings. The molecule has 1 unspecified atom stereocenters. The minimum absolute atomic E-state index is 0.0401. The summed E-state index contributed by atoms with van der Waals surface area (Å²) in [5.41, 5.74) is 0.809. The fraction of sp³-hybridized carbons (Fsp3) is 0.118. The highest BCUT2D eigenvalue weighted by Crippen LogP contribution is 2.30. The van der Waals surface area contributed by atoms with Gasteiger partial charge in [-0.2, -0.15) is 0 Å². The standard InChI is InChI=1S/C34H29NO5/c36-32(28-16-18-30(19-17-28)39-29-14-8-3-9-15-29)35-34(22-20-27(21-23-34)26-12-6-2-7-13-26)40-31(33(37)38)24-25-10-4-1-5-11-25/h1-23,27,31H,24H2,(H,35,36)(H,37,38). The molecule has 5 rings (SSSR count). The molecule has 4 aromatic carbocycles. The van der Waals surface area contributed by atoms with Crippen molar-refractivity contribution in [1.82, 2.24) is 5.32 Å². The van der Waals surface area contributed by atoms with Crippen LogP contribution in [0.25, 0.3) is 0 Å². The first-order valence-electron chi connectivity index (χ1n) is 13.0. The Kier molecular flexibility index (Phi) is 8.18. The third kappa shape index (κ3) is 6.73. The predicted octanol–water partition coefficient (Wildman–Crippen LogP) is 6.53. The van der Waals surface area contributed by atoms with Gasteiger partial charge in [-0.1, -0.05) is 91.0 Å². The van der Waals surface area contributed by atoms with Gasteiger partial charge >= 0.3 is 5.97 Å². The minimum Gasteiger partial charge on any atom is -0.479 e. The molecule has 6 nitrogen and oxygen atoms in total. The first-order valence-corrected chi connectivity index (χ1v) is 13.0. The average molecular weight is 532 g/mol. The van der Waals surface area contributed by atoms with Crippen LogP contribution in [0.4, 0.5) is 0 Å². The average Bonchev–Trinajstić information content (AvgIpc) is 2.99. The highest BCUT2D eigenvalue weighted by molar-refractivity contribution is 5.95. The molecule has 0 saturated heterocycles. The van der Waals surface area contributed by atoms with E-state index in [-0.39, 0.29) is 12.3 Å². The van der Waals surface area contributed by atoms with Crippen LogP contribution in [-0.2, 0) is 16.0 Å². The van der Waals surface area contributed by atoms with Gasteiger partial charge in [0.25, 0.3) is 5.91 Å². The summed E-state index contributed by atoms with van der Waals surface area (Å²) in [5.74, 6) is -0.294. The van der Waals surface area contributed by atoms with Gasteiger partial charge in [-0.05, 0) is 59.7 Å². The number of para-hydroxylation sites is 1. The molecule has 1 amide bonds. The third-order valence-corrected chi connectivity index (χ3v) is 6.57. The Labute approximate surface area is 233 Å². The predicted molar refractivity (Wildman–Crippen MR) is 153 cm³/mol. The molecule has 0 bridgehead atoms. The summed E-state index contributed by atoms with van der Waals surface area (Å²) < 4.78 is 12.0. The lowest BCUT2D eigenvalue weighted by atomic mass is 9.91. The molecule has 0 radical (unpaired) electrons. The number of carboxylic acid groups (broad SMARTS) is 1. The highest BCUT2D eigenvalue weighted by Gasteiger charge is 2.36. The smallest absolute Gasteiger partial charge is 0.333 e. The molecule has 0 aromatic heterocycles. The number of benzene rings is 4. The maximum atomic E-state index is 13.4. The van der Waals surface area contributed by atoms with E-state index in [1.54, 1.807) is 36.4 Å². The molecule has 0 spiro atoms. The summed E-state index contributed by atoms with van der Waals surface area (Å²) >= 11 is 0. The Morgan fingerprint density at radius 2 is 1.30 bits per heavy atom. The molecule has 6 heteroatoms. The normalized spacial score (nSPS) is 18.6. The second-order valence-corrected chi connectivity index (χ2v) is 9.48. The van der Waals surface area contributed by atoms with Gasteiger partial charge in [-0.3, -0.25) is 4.79 Å². The van der Waals surface area contributed by atoms with Crippen LogP contribution in [0.2, 0.25) is 0 Å². The van der Waals surface area contributed by atoms with Crippen molar-refractivity contribution in [2.75, 3.05) is 0 Å². The molecule has 0 saturated carbocycles. The Morgan fingerprint density at radius 1 is 0.750 bits per heavy atom. The summed E-state index contributed by atoms with van der Waals surface area (Å²) in [6.45, 7) is 0. The van der Waals surface area contributed by atoms with Crippen molar-refractivity contribution in [1.29, 1.82) is 0 Å². The topological polar surface area (TPSA) is 84.9 Å². The zero-order valence-electron chi connectivity index (χ0n) is 21.7. The van der Waals surface area contributed by atoms with Crippen LogP contribution in [0.15, 0.2) is 140 Å². The van der Waals surface area contributed by atoms with Crippen LogP contribution < -0.4 is 10.1 Å². The van der Waals surface area contributed by atoms with Crippen LogP contribution in [0.5, 0.6) is 11.5 Å². The lowest BCUT2D eigenvalue weighted by molar-refractivity contribution is -0.157. The summed E-state index contributed by atoms with van der Waals surface area (Å²) in [7, 11) is 0. The van der Waals surface area contributed by atoms with E-state index in [1.807, 2.05) is 103 Å². The van der Waals surface area contributed by atoms with Crippen LogP contribution in [0, 0.1) is 0 Å². The Bertz CT molecular complexity index is 1470. The van der Waals surface area contributed by atoms with E-state index in [0.29, 0.717) is 17.1 Å². The van der Waals surface area contributed by atoms with Crippen LogP contribution in [0.3, 0.4) is 0 Å². The number of amides is 1. The number of nitrogens with one attached hydrogen (secondary N) is 1. The Morgan fingerprint density at radius 3 is 1.90 bits per heavy atom. The molecular weight excluding hydrogens is 502 g/mol. The van der Waals surface area contributed by atoms with Gasteiger partial charge in [-0.25, -0.2) is 4.79 Å². The van der Waals surface area contributed by atoms with E-state index in [1.165, 1.54) is 0 Å². The maximum Gasteiger partial charge on any atom is 0.333 e. The summed E-state index contributed by atoms with van der Waals surface area (Å²) in [6, 6.07) is 35.3. The molecule has 0 heterocycles. The third-order valence-electron chi connectivity index (χ3n) is 6.57. The first-order chi connectivity index (χ1) is 19.5. The number of ether oxygens (including phenoxy) is 2. The number of hydrogen-bond acceptors (Lipinski definition) is 4. The van der Waals surface area contributed by atoms with Gasteiger partial charge in [0.15, 0.2) is 11.8 Å². The summed E-state index contributed by atoms with van der Waals surface area (Å²) in [6.07, 6.45) is 6.20. The first kappa shape index (κ1) is 26.7. The van der Waals surface area contributed by atoms with Gasteiger partial charge in [0, 0.05) is 17.9 Å². The molecule has 200 valence electrons. The quantitative estimate of drug-likeness (QED) is 0.180. The molecule has 1 aliphatic rings. The SMILES string of the molecule is O=C(NC1(OC(Cc2ccccc2)C(=O)O)C=CC(c2ccccc2)C=C1)c1ccc(Oc2ccccc2)cc1. The van der Waals surface area contributed by atoms with Crippen molar-refractivity contribution in [3.05, 3.63) is 156 Å². The monoisotopic (exact) mass is 531 g/mol. The van der Waals surface area contributed by atoms with Gasteiger partial charge < -0.3 is 19.9 Å². The van der Waals surface area contributed by atoms with Gasteiger partial charge in [-0.15, -0.1) is 0 Å². The Hall–Kier alpha value is -4.94. The second-order valence-electron chi connectivity index (χ2n) is 9.48. The molecule has 2 N–H and O–H groups in total. The lowest BCUT2D eigenvalue weighted by Crippen LogP contribution is -2.52. The van der Waals surface area contributed by atoms with Crippen molar-refractivity contribution in [3.8, 4) is 11.5 Å². The molecule has 1 aliphatic carbocycles. The number of carbonyl (C=O) groups excluding carboxylic acids is 1. The molecule has 1 atom stereocenters. The number of carboxylic acids is 1. The van der Waals surface area contributed by atoms with E-state index in [0.717, 1.165) is 11.1 Å². The molecular formula is C34H29NO5. The summed E-state index contributed by atoms with van der Waals surface area (Å²) in [5, 5.41) is 12.9. The lowest BCUT2D eigenvalue weighted by Gasteiger charge is -2.34.